The van der Waals surface area contributed by atoms with Gasteiger partial charge in [-0.05, 0) is 31.2 Å². The minimum Gasteiger partial charge on any atom is -0.325 e. The number of rotatable bonds is 4. The highest BCUT2D eigenvalue weighted by Gasteiger charge is 2.33. The van der Waals surface area contributed by atoms with Crippen molar-refractivity contribution in [3.05, 3.63) is 70.4 Å². The zero-order valence-electron chi connectivity index (χ0n) is 13.9. The van der Waals surface area contributed by atoms with Crippen LogP contribution in [0.3, 0.4) is 0 Å². The Labute approximate surface area is 160 Å². The molecule has 0 saturated carbocycles. The fraction of sp³-hybridized carbons (Fsp3) is 0.105. The fourth-order valence-corrected chi connectivity index (χ4v) is 3.60. The number of benzene rings is 2. The molecule has 2 aromatic carbocycles. The number of anilines is 1. The number of carbonyl (C=O) groups excluding carboxylic acids is 2. The first-order valence-corrected chi connectivity index (χ1v) is 9.03. The maximum atomic E-state index is 13.8. The summed E-state index contributed by atoms with van der Waals surface area (Å²) in [4.78, 5) is 26.2. The number of nitrogens with zero attached hydrogens (tertiary/aromatic N) is 1. The Balaban J connectivity index is 1.70. The molecule has 1 N–H and O–H groups in total. The number of nitrogens with one attached hydrogen (secondary N) is 1. The number of thioether (sulfide) groups is 1. The number of thiocarbonyl (C=S) groups is 1. The van der Waals surface area contributed by atoms with Gasteiger partial charge in [-0.3, -0.25) is 14.5 Å². The smallest absolute Gasteiger partial charge is 0.266 e. The van der Waals surface area contributed by atoms with Crippen LogP contribution < -0.4 is 5.32 Å². The maximum absolute atomic E-state index is 13.8. The van der Waals surface area contributed by atoms with Gasteiger partial charge in [0.2, 0.25) is 5.91 Å². The lowest BCUT2D eigenvalue weighted by Gasteiger charge is -2.14. The second-order valence-corrected chi connectivity index (χ2v) is 7.38. The molecule has 26 heavy (non-hydrogen) atoms. The average Bonchev–Trinajstić information content (AvgIpc) is 2.86. The molecule has 2 aromatic rings. The lowest BCUT2D eigenvalue weighted by atomic mass is 10.2. The van der Waals surface area contributed by atoms with E-state index in [1.165, 1.54) is 17.0 Å². The van der Waals surface area contributed by atoms with Crippen LogP contribution in [0, 0.1) is 12.7 Å². The molecular formula is C19H15FN2O2S2. The molecule has 132 valence electrons. The van der Waals surface area contributed by atoms with Crippen molar-refractivity contribution >= 4 is 51.9 Å². The van der Waals surface area contributed by atoms with Crippen molar-refractivity contribution < 1.29 is 14.0 Å². The molecule has 4 nitrogen and oxygen atoms in total. The lowest BCUT2D eigenvalue weighted by molar-refractivity contribution is -0.126. The summed E-state index contributed by atoms with van der Waals surface area (Å²) in [6, 6.07) is 13.5. The fourth-order valence-electron chi connectivity index (χ4n) is 2.35. The third-order valence-electron chi connectivity index (χ3n) is 3.70. The van der Waals surface area contributed by atoms with Gasteiger partial charge in [-0.25, -0.2) is 4.39 Å². The van der Waals surface area contributed by atoms with E-state index in [1.54, 1.807) is 30.3 Å². The van der Waals surface area contributed by atoms with Crippen molar-refractivity contribution in [1.82, 2.24) is 4.90 Å². The van der Waals surface area contributed by atoms with Gasteiger partial charge in [0.15, 0.2) is 0 Å². The molecule has 3 rings (SSSR count). The second-order valence-electron chi connectivity index (χ2n) is 5.70. The SMILES string of the molecule is Cc1ccc(NC(=O)CN2C(=O)/C(=C/c3ccccc3F)SC2=S)cc1. The summed E-state index contributed by atoms with van der Waals surface area (Å²) in [6.45, 7) is 1.76. The van der Waals surface area contributed by atoms with E-state index < -0.39 is 11.7 Å². The Kier molecular flexibility index (Phi) is 5.49. The van der Waals surface area contributed by atoms with E-state index in [1.807, 2.05) is 19.1 Å². The number of aryl methyl sites for hydroxylation is 1. The first-order chi connectivity index (χ1) is 12.4. The Morgan fingerprint density at radius 2 is 1.92 bits per heavy atom. The molecular weight excluding hydrogens is 371 g/mol. The highest BCUT2D eigenvalue weighted by atomic mass is 32.2. The summed E-state index contributed by atoms with van der Waals surface area (Å²) < 4.78 is 14.0. The maximum Gasteiger partial charge on any atom is 0.266 e. The van der Waals surface area contributed by atoms with Gasteiger partial charge in [0.05, 0.1) is 4.91 Å². The summed E-state index contributed by atoms with van der Waals surface area (Å²) in [5.74, 6) is -1.17. The summed E-state index contributed by atoms with van der Waals surface area (Å²) >= 11 is 6.26. The van der Waals surface area contributed by atoms with Gasteiger partial charge in [-0.15, -0.1) is 0 Å². The average molecular weight is 386 g/mol. The molecule has 0 bridgehead atoms. The van der Waals surface area contributed by atoms with Crippen LogP contribution in [0.15, 0.2) is 53.4 Å². The third-order valence-corrected chi connectivity index (χ3v) is 5.08. The topological polar surface area (TPSA) is 49.4 Å². The number of halogens is 1. The Bertz CT molecular complexity index is 910. The Morgan fingerprint density at radius 3 is 2.62 bits per heavy atom. The van der Waals surface area contributed by atoms with E-state index in [9.17, 15) is 14.0 Å². The normalized spacial score (nSPS) is 15.6. The molecule has 0 spiro atoms. The van der Waals surface area contributed by atoms with Crippen molar-refractivity contribution in [2.45, 2.75) is 6.92 Å². The quantitative estimate of drug-likeness (QED) is 0.638. The number of hydrogen-bond acceptors (Lipinski definition) is 4. The minimum absolute atomic E-state index is 0.187. The van der Waals surface area contributed by atoms with Gasteiger partial charge in [0.25, 0.3) is 5.91 Å². The van der Waals surface area contributed by atoms with Crippen LogP contribution in [-0.2, 0) is 9.59 Å². The van der Waals surface area contributed by atoms with E-state index >= 15 is 0 Å². The lowest BCUT2D eigenvalue weighted by Crippen LogP contribution is -2.36. The second kappa shape index (κ2) is 7.80. The van der Waals surface area contributed by atoms with Gasteiger partial charge >= 0.3 is 0 Å². The van der Waals surface area contributed by atoms with Crippen LogP contribution in [0.5, 0.6) is 0 Å². The molecule has 1 saturated heterocycles. The molecule has 1 aliphatic heterocycles. The highest BCUT2D eigenvalue weighted by molar-refractivity contribution is 8.26. The van der Waals surface area contributed by atoms with E-state index in [0.29, 0.717) is 16.2 Å². The molecule has 1 fully saturated rings. The molecule has 1 aliphatic rings. The van der Waals surface area contributed by atoms with Crippen molar-refractivity contribution in [3.63, 3.8) is 0 Å². The van der Waals surface area contributed by atoms with Crippen LogP contribution in [0.4, 0.5) is 10.1 Å². The monoisotopic (exact) mass is 386 g/mol. The predicted molar refractivity (Wildman–Crippen MR) is 106 cm³/mol. The van der Waals surface area contributed by atoms with Gasteiger partial charge in [-0.1, -0.05) is 59.9 Å². The van der Waals surface area contributed by atoms with Gasteiger partial charge in [0.1, 0.15) is 16.7 Å². The van der Waals surface area contributed by atoms with Gasteiger partial charge in [0, 0.05) is 11.3 Å². The van der Waals surface area contributed by atoms with E-state index in [0.717, 1.165) is 17.3 Å². The molecule has 0 aliphatic carbocycles. The van der Waals surface area contributed by atoms with E-state index in [-0.39, 0.29) is 16.8 Å². The largest absolute Gasteiger partial charge is 0.325 e. The standard InChI is InChI=1S/C19H15FN2O2S2/c1-12-6-8-14(9-7-12)21-17(23)11-22-18(24)16(26-19(22)25)10-13-4-2-3-5-15(13)20/h2-10H,11H2,1H3,(H,21,23)/b16-10-. The first-order valence-electron chi connectivity index (χ1n) is 7.80. The van der Waals surface area contributed by atoms with E-state index in [4.69, 9.17) is 12.2 Å². The Hall–Kier alpha value is -2.51. The van der Waals surface area contributed by atoms with E-state index in [2.05, 4.69) is 5.32 Å². The van der Waals surface area contributed by atoms with Crippen LogP contribution in [0.2, 0.25) is 0 Å². The number of amides is 2. The van der Waals surface area contributed by atoms with Crippen molar-refractivity contribution in [3.8, 4) is 0 Å². The summed E-state index contributed by atoms with van der Waals surface area (Å²) in [5.41, 5.74) is 2.03. The van der Waals surface area contributed by atoms with Gasteiger partial charge in [-0.2, -0.15) is 0 Å². The van der Waals surface area contributed by atoms with Crippen LogP contribution in [0.1, 0.15) is 11.1 Å². The number of hydrogen-bond donors (Lipinski definition) is 1. The molecule has 7 heteroatoms. The first kappa shape index (κ1) is 18.3. The van der Waals surface area contributed by atoms with Crippen LogP contribution in [0.25, 0.3) is 6.08 Å². The predicted octanol–water partition coefficient (Wildman–Crippen LogP) is 3.97. The minimum atomic E-state index is -0.421. The van der Waals surface area contributed by atoms with Crippen molar-refractivity contribution in [2.24, 2.45) is 0 Å². The highest BCUT2D eigenvalue weighted by Crippen LogP contribution is 2.32. The zero-order chi connectivity index (χ0) is 18.7. The third kappa shape index (κ3) is 4.17. The zero-order valence-corrected chi connectivity index (χ0v) is 15.5. The number of carbonyl (C=O) groups is 2. The van der Waals surface area contributed by atoms with Gasteiger partial charge < -0.3 is 5.32 Å². The molecule has 1 heterocycles. The van der Waals surface area contributed by atoms with Crippen LogP contribution >= 0.6 is 24.0 Å². The summed E-state index contributed by atoms with van der Waals surface area (Å²) in [7, 11) is 0. The van der Waals surface area contributed by atoms with Crippen LogP contribution in [-0.4, -0.2) is 27.6 Å². The molecule has 0 radical (unpaired) electrons. The summed E-state index contributed by atoms with van der Waals surface area (Å²) in [5, 5.41) is 2.73. The molecule has 0 atom stereocenters. The Morgan fingerprint density at radius 1 is 1.23 bits per heavy atom. The molecule has 2 amide bonds. The van der Waals surface area contributed by atoms with Crippen molar-refractivity contribution in [1.29, 1.82) is 0 Å². The van der Waals surface area contributed by atoms with Crippen molar-refractivity contribution in [2.75, 3.05) is 11.9 Å². The molecule has 0 aromatic heterocycles. The molecule has 0 unspecified atom stereocenters. The summed E-state index contributed by atoms with van der Waals surface area (Å²) in [6.07, 6.45) is 1.45.